The summed E-state index contributed by atoms with van der Waals surface area (Å²) < 4.78 is -1.31. The van der Waals surface area contributed by atoms with Gasteiger partial charge in [0.05, 0.1) is 9.75 Å². The Morgan fingerprint density at radius 3 is 2.46 bits per heavy atom. The van der Waals surface area contributed by atoms with E-state index in [1.807, 2.05) is 0 Å². The number of carbonyl (C=O) groups is 2. The van der Waals surface area contributed by atoms with Crippen molar-refractivity contribution in [2.45, 2.75) is 8.48 Å². The minimum Gasteiger partial charge on any atom is -0.277 e. The second-order valence-electron chi connectivity index (χ2n) is 5.58. The highest BCUT2D eigenvalue weighted by atomic mass is 79.9. The Kier molecular flexibility index (Phi) is 5.82. The Morgan fingerprint density at radius 1 is 1.29 bits per heavy atom. The molecule has 1 aromatic carbocycles. The number of thioether (sulfide) groups is 1. The van der Waals surface area contributed by atoms with E-state index in [-0.39, 0.29) is 10.9 Å². The summed E-state index contributed by atoms with van der Waals surface area (Å²) in [6, 6.07) is 8.68. The van der Waals surface area contributed by atoms with Crippen LogP contribution in [0.25, 0.3) is 0 Å². The van der Waals surface area contributed by atoms with E-state index in [9.17, 15) is 19.7 Å². The number of nitro benzene ring substituents is 1. The molecular weight excluding hydrogens is 518 g/mol. The van der Waals surface area contributed by atoms with Crippen LogP contribution in [0.3, 0.4) is 0 Å². The second-order valence-corrected chi connectivity index (χ2v) is 9.51. The largest absolute Gasteiger partial charge is 0.277 e. The maximum Gasteiger partial charge on any atom is 0.276 e. The van der Waals surface area contributed by atoms with Crippen LogP contribution in [-0.2, 0) is 4.79 Å². The third-order valence-corrected chi connectivity index (χ3v) is 8.32. The van der Waals surface area contributed by atoms with Crippen LogP contribution in [0, 0.1) is 15.5 Å². The molecule has 12 heteroatoms. The smallest absolute Gasteiger partial charge is 0.276 e. The lowest BCUT2D eigenvalue weighted by Crippen LogP contribution is -2.48. The number of aromatic nitrogens is 1. The first kappa shape index (κ1) is 20.4. The van der Waals surface area contributed by atoms with Crippen molar-refractivity contribution in [3.8, 4) is 0 Å². The summed E-state index contributed by atoms with van der Waals surface area (Å²) >= 11 is 7.71. The Hall–Kier alpha value is -2.31. The first-order chi connectivity index (χ1) is 13.2. The van der Waals surface area contributed by atoms with Gasteiger partial charge in [0, 0.05) is 30.1 Å². The van der Waals surface area contributed by atoms with Crippen molar-refractivity contribution in [2.75, 3.05) is 0 Å². The van der Waals surface area contributed by atoms with Crippen molar-refractivity contribution in [3.05, 3.63) is 70.0 Å². The third kappa shape index (κ3) is 3.80. The van der Waals surface area contributed by atoms with Crippen LogP contribution in [0.15, 0.2) is 48.8 Å². The van der Waals surface area contributed by atoms with E-state index in [4.69, 9.17) is 5.41 Å². The molecule has 1 fully saturated rings. The summed E-state index contributed by atoms with van der Waals surface area (Å²) in [5.74, 6) is -1.12. The molecule has 0 spiro atoms. The van der Waals surface area contributed by atoms with Gasteiger partial charge in [0.2, 0.25) is 0 Å². The van der Waals surface area contributed by atoms with Crippen molar-refractivity contribution < 1.29 is 14.5 Å². The number of hydrazine groups is 1. The van der Waals surface area contributed by atoms with Crippen LogP contribution in [0.5, 0.6) is 0 Å². The quantitative estimate of drug-likeness (QED) is 0.347. The maximum absolute atomic E-state index is 12.9. The van der Waals surface area contributed by atoms with Gasteiger partial charge in [0.1, 0.15) is 0 Å². The van der Waals surface area contributed by atoms with Crippen LogP contribution in [0.4, 0.5) is 5.69 Å². The summed E-state index contributed by atoms with van der Waals surface area (Å²) in [7, 11) is 0. The average molecular weight is 529 g/mol. The Balaban J connectivity index is 1.80. The van der Waals surface area contributed by atoms with Crippen LogP contribution in [-0.4, -0.2) is 35.6 Å². The number of benzene rings is 1. The first-order valence-corrected chi connectivity index (χ1v) is 10.2. The second kappa shape index (κ2) is 7.97. The first-order valence-electron chi connectivity index (χ1n) is 7.64. The Bertz CT molecular complexity index is 959. The molecule has 2 unspecified atom stereocenters. The number of halogens is 2. The molecule has 0 aliphatic carbocycles. The van der Waals surface area contributed by atoms with Crippen molar-refractivity contribution >= 4 is 66.3 Å². The fourth-order valence-corrected chi connectivity index (χ4v) is 4.99. The molecule has 0 saturated carbocycles. The van der Waals surface area contributed by atoms with E-state index in [0.717, 1.165) is 16.8 Å². The number of hydrogen-bond donors (Lipinski definition) is 2. The van der Waals surface area contributed by atoms with Gasteiger partial charge in [-0.25, -0.2) is 0 Å². The predicted molar refractivity (Wildman–Crippen MR) is 110 cm³/mol. The van der Waals surface area contributed by atoms with E-state index in [2.05, 4.69) is 42.3 Å². The lowest BCUT2D eigenvalue weighted by Gasteiger charge is -2.25. The molecule has 2 heterocycles. The summed E-state index contributed by atoms with van der Waals surface area (Å²) in [5, 5.41) is 19.6. The molecule has 0 bridgehead atoms. The zero-order valence-corrected chi connectivity index (χ0v) is 17.8. The highest BCUT2D eigenvalue weighted by molar-refractivity contribution is 9.14. The number of pyridine rings is 1. The molecule has 144 valence electrons. The number of hydrogen-bond acceptors (Lipinski definition) is 7. The summed E-state index contributed by atoms with van der Waals surface area (Å²) in [6.45, 7) is 0. The van der Waals surface area contributed by atoms with Gasteiger partial charge in [-0.3, -0.25) is 35.5 Å². The highest BCUT2D eigenvalue weighted by Gasteiger charge is 2.55. The molecular formula is C16H11Br2N5O4S. The number of nitrogens with zero attached hydrogens (tertiary/aromatic N) is 3. The lowest BCUT2D eigenvalue weighted by atomic mass is 10.1. The molecule has 0 radical (unpaired) electrons. The van der Waals surface area contributed by atoms with Gasteiger partial charge in [0.15, 0.2) is 8.82 Å². The van der Waals surface area contributed by atoms with Crippen LogP contribution >= 0.6 is 43.6 Å². The van der Waals surface area contributed by atoms with Crippen molar-refractivity contribution in [2.24, 2.45) is 0 Å². The van der Waals surface area contributed by atoms with Crippen LogP contribution in [0.2, 0.25) is 0 Å². The molecule has 2 atom stereocenters. The molecule has 1 saturated heterocycles. The number of non-ortho nitro benzene ring substituents is 1. The normalized spacial score (nSPS) is 20.1. The number of carbonyl (C=O) groups excluding carboxylic acids is 2. The molecule has 1 aromatic heterocycles. The number of alkyl halides is 2. The third-order valence-electron chi connectivity index (χ3n) is 3.82. The van der Waals surface area contributed by atoms with Crippen LogP contribution in [0.1, 0.15) is 20.7 Å². The fraction of sp³-hybridized carbons (Fsp3) is 0.125. The molecule has 2 N–H and O–H groups in total. The van der Waals surface area contributed by atoms with Gasteiger partial charge < -0.3 is 0 Å². The van der Waals surface area contributed by atoms with Gasteiger partial charge in [-0.15, -0.1) is 0 Å². The number of nitrogens with one attached hydrogen (secondary N) is 2. The molecule has 9 nitrogen and oxygen atoms in total. The molecule has 2 aromatic rings. The standard InChI is InChI=1S/C16H11Br2N5O4S/c17-12(9-1-3-11(4-2-9)23(26)27)16(18)14(25)22(15(19)28-16)21-13(24)10-5-7-20-8-6-10/h1-8,12,19H,(H,21,24). The summed E-state index contributed by atoms with van der Waals surface area (Å²) in [5.41, 5.74) is 3.23. The number of rotatable bonds is 5. The minimum absolute atomic E-state index is 0.0727. The predicted octanol–water partition coefficient (Wildman–Crippen LogP) is 3.37. The van der Waals surface area contributed by atoms with Crippen molar-refractivity contribution in [1.82, 2.24) is 15.4 Å². The van der Waals surface area contributed by atoms with E-state index < -0.39 is 25.2 Å². The molecule has 1 aliphatic rings. The Morgan fingerprint density at radius 2 is 1.89 bits per heavy atom. The van der Waals surface area contributed by atoms with Crippen molar-refractivity contribution in [3.63, 3.8) is 0 Å². The van der Waals surface area contributed by atoms with Gasteiger partial charge in [0.25, 0.3) is 17.5 Å². The van der Waals surface area contributed by atoms with E-state index in [1.165, 1.54) is 48.8 Å². The number of amidine groups is 1. The average Bonchev–Trinajstić information content (AvgIpc) is 2.92. The Labute approximate surface area is 179 Å². The van der Waals surface area contributed by atoms with E-state index in [1.54, 1.807) is 0 Å². The summed E-state index contributed by atoms with van der Waals surface area (Å²) in [4.78, 5) is 38.8. The van der Waals surface area contributed by atoms with Crippen LogP contribution < -0.4 is 5.43 Å². The number of nitro groups is 1. The zero-order chi connectivity index (χ0) is 20.5. The van der Waals surface area contributed by atoms with Gasteiger partial charge in [-0.05, 0) is 17.7 Å². The van der Waals surface area contributed by atoms with Gasteiger partial charge in [-0.2, -0.15) is 5.01 Å². The molecule has 28 heavy (non-hydrogen) atoms. The highest BCUT2D eigenvalue weighted by Crippen LogP contribution is 2.53. The van der Waals surface area contributed by atoms with Gasteiger partial charge in [-0.1, -0.05) is 55.8 Å². The molecule has 2 amide bonds. The lowest BCUT2D eigenvalue weighted by molar-refractivity contribution is -0.384. The fourth-order valence-electron chi connectivity index (χ4n) is 2.39. The topological polar surface area (TPSA) is 129 Å². The molecule has 3 rings (SSSR count). The minimum atomic E-state index is -1.31. The maximum atomic E-state index is 12.9. The molecule has 1 aliphatic heterocycles. The number of amides is 2. The monoisotopic (exact) mass is 527 g/mol. The summed E-state index contributed by atoms with van der Waals surface area (Å²) in [6.07, 6.45) is 2.89. The van der Waals surface area contributed by atoms with Gasteiger partial charge >= 0.3 is 0 Å². The SMILES string of the molecule is N=C1SC(Br)(C(Br)c2ccc([N+](=O)[O-])cc2)C(=O)N1NC(=O)c1ccncc1. The van der Waals surface area contributed by atoms with Crippen molar-refractivity contribution in [1.29, 1.82) is 5.41 Å². The van der Waals surface area contributed by atoms with E-state index in [0.29, 0.717) is 11.1 Å². The zero-order valence-electron chi connectivity index (χ0n) is 13.8. The van der Waals surface area contributed by atoms with E-state index >= 15 is 0 Å².